The molecule has 0 bridgehead atoms. The normalized spacial score (nSPS) is 41.1. The van der Waals surface area contributed by atoms with Gasteiger partial charge in [-0.2, -0.15) is 0 Å². The Labute approximate surface area is 81.5 Å². The lowest BCUT2D eigenvalue weighted by atomic mass is 9.98. The summed E-state index contributed by atoms with van der Waals surface area (Å²) < 4.78 is 0. The number of hydrogen-bond acceptors (Lipinski definition) is 2. The van der Waals surface area contributed by atoms with Crippen molar-refractivity contribution in [2.45, 2.75) is 45.2 Å². The van der Waals surface area contributed by atoms with Crippen molar-refractivity contribution in [3.05, 3.63) is 0 Å². The average Bonchev–Trinajstić information content (AvgIpc) is 2.51. The molecule has 0 spiro atoms. The smallest absolute Gasteiger partial charge is 0.0125 e. The largest absolute Gasteiger partial charge is 0.327 e. The highest BCUT2D eigenvalue weighted by molar-refractivity contribution is 4.98. The second-order valence-corrected chi connectivity index (χ2v) is 5.74. The third-order valence-corrected chi connectivity index (χ3v) is 3.86. The maximum Gasteiger partial charge on any atom is 0.0125 e. The Morgan fingerprint density at radius 3 is 2.38 bits per heavy atom. The Morgan fingerprint density at radius 1 is 1.15 bits per heavy atom. The summed E-state index contributed by atoms with van der Waals surface area (Å²) in [5.74, 6) is 1.69. The van der Waals surface area contributed by atoms with Crippen LogP contribution in [0.4, 0.5) is 0 Å². The first-order chi connectivity index (χ1) is 5.98. The van der Waals surface area contributed by atoms with Crippen molar-refractivity contribution in [2.75, 3.05) is 13.1 Å². The van der Waals surface area contributed by atoms with Crippen LogP contribution in [0, 0.1) is 11.8 Å². The van der Waals surface area contributed by atoms with E-state index in [0.717, 1.165) is 11.8 Å². The van der Waals surface area contributed by atoms with E-state index in [1.807, 2.05) is 0 Å². The van der Waals surface area contributed by atoms with E-state index >= 15 is 0 Å². The highest BCUT2D eigenvalue weighted by Gasteiger charge is 2.43. The lowest BCUT2D eigenvalue weighted by molar-refractivity contribution is 0.159. The second-order valence-electron chi connectivity index (χ2n) is 5.74. The van der Waals surface area contributed by atoms with Crippen LogP contribution in [0.5, 0.6) is 0 Å². The van der Waals surface area contributed by atoms with Crippen molar-refractivity contribution >= 4 is 0 Å². The Morgan fingerprint density at radius 2 is 1.85 bits per heavy atom. The molecule has 3 atom stereocenters. The molecule has 2 heteroatoms. The van der Waals surface area contributed by atoms with E-state index in [2.05, 4.69) is 25.7 Å². The molecule has 0 aromatic rings. The first-order valence-corrected chi connectivity index (χ1v) is 5.49. The van der Waals surface area contributed by atoms with E-state index < -0.39 is 0 Å². The number of rotatable bonds is 0. The van der Waals surface area contributed by atoms with Crippen LogP contribution in [-0.4, -0.2) is 29.6 Å². The lowest BCUT2D eigenvalue weighted by Crippen LogP contribution is -2.41. The van der Waals surface area contributed by atoms with Crippen LogP contribution in [0.2, 0.25) is 0 Å². The van der Waals surface area contributed by atoms with E-state index in [-0.39, 0.29) is 0 Å². The van der Waals surface area contributed by atoms with Gasteiger partial charge < -0.3 is 5.73 Å². The summed E-state index contributed by atoms with van der Waals surface area (Å²) in [5, 5.41) is 0. The molecule has 1 aliphatic heterocycles. The Bertz CT molecular complexity index is 195. The quantitative estimate of drug-likeness (QED) is 0.614. The van der Waals surface area contributed by atoms with E-state index in [0.29, 0.717) is 11.6 Å². The molecule has 2 nitrogen and oxygen atoms in total. The van der Waals surface area contributed by atoms with Crippen molar-refractivity contribution in [1.82, 2.24) is 4.90 Å². The van der Waals surface area contributed by atoms with Gasteiger partial charge in [0.25, 0.3) is 0 Å². The molecular weight excluding hydrogens is 160 g/mol. The number of nitrogens with zero attached hydrogens (tertiary/aromatic N) is 1. The maximum absolute atomic E-state index is 6.10. The van der Waals surface area contributed by atoms with Crippen LogP contribution >= 0.6 is 0 Å². The van der Waals surface area contributed by atoms with Gasteiger partial charge in [0.1, 0.15) is 0 Å². The molecule has 0 unspecified atom stereocenters. The molecule has 1 saturated carbocycles. The molecule has 2 N–H and O–H groups in total. The molecule has 0 aromatic heterocycles. The highest BCUT2D eigenvalue weighted by Crippen LogP contribution is 2.39. The predicted octanol–water partition coefficient (Wildman–Crippen LogP) is 1.45. The van der Waals surface area contributed by atoms with Crippen LogP contribution in [0.3, 0.4) is 0 Å². The molecule has 2 fully saturated rings. The van der Waals surface area contributed by atoms with Crippen LogP contribution in [0.15, 0.2) is 0 Å². The summed E-state index contributed by atoms with van der Waals surface area (Å²) >= 11 is 0. The molecule has 1 heterocycles. The van der Waals surface area contributed by atoms with Gasteiger partial charge in [-0.3, -0.25) is 4.90 Å². The van der Waals surface area contributed by atoms with Gasteiger partial charge >= 0.3 is 0 Å². The van der Waals surface area contributed by atoms with Crippen molar-refractivity contribution in [1.29, 1.82) is 0 Å². The van der Waals surface area contributed by atoms with E-state index in [4.69, 9.17) is 5.73 Å². The molecule has 1 aliphatic carbocycles. The van der Waals surface area contributed by atoms with Crippen LogP contribution in [0.25, 0.3) is 0 Å². The van der Waals surface area contributed by atoms with Crippen LogP contribution in [-0.2, 0) is 0 Å². The van der Waals surface area contributed by atoms with Gasteiger partial charge in [-0.15, -0.1) is 0 Å². The minimum Gasteiger partial charge on any atom is -0.327 e. The van der Waals surface area contributed by atoms with Gasteiger partial charge in [0, 0.05) is 24.7 Å². The van der Waals surface area contributed by atoms with Crippen LogP contribution < -0.4 is 5.73 Å². The molecule has 13 heavy (non-hydrogen) atoms. The SMILES string of the molecule is CC(C)(C)N1C[C@H]2CC[C@@H](N)[C@H]2C1. The van der Waals surface area contributed by atoms with Gasteiger partial charge in [-0.25, -0.2) is 0 Å². The molecule has 0 radical (unpaired) electrons. The number of likely N-dealkylation sites (tertiary alicyclic amines) is 1. The molecule has 2 aliphatic rings. The van der Waals surface area contributed by atoms with Crippen molar-refractivity contribution in [3.8, 4) is 0 Å². The van der Waals surface area contributed by atoms with Gasteiger partial charge in [0.05, 0.1) is 0 Å². The molecule has 0 amide bonds. The van der Waals surface area contributed by atoms with Crippen molar-refractivity contribution in [3.63, 3.8) is 0 Å². The summed E-state index contributed by atoms with van der Waals surface area (Å²) in [6.07, 6.45) is 2.62. The zero-order valence-electron chi connectivity index (χ0n) is 9.09. The van der Waals surface area contributed by atoms with Gasteiger partial charge in [0.2, 0.25) is 0 Å². The van der Waals surface area contributed by atoms with Crippen molar-refractivity contribution in [2.24, 2.45) is 17.6 Å². The fourth-order valence-electron chi connectivity index (χ4n) is 2.86. The minimum absolute atomic E-state index is 0.337. The van der Waals surface area contributed by atoms with Crippen LogP contribution in [0.1, 0.15) is 33.6 Å². The van der Waals surface area contributed by atoms with Gasteiger partial charge in [-0.1, -0.05) is 0 Å². The summed E-state index contributed by atoms with van der Waals surface area (Å²) in [4.78, 5) is 2.60. The second kappa shape index (κ2) is 2.96. The van der Waals surface area contributed by atoms with E-state index in [1.165, 1.54) is 25.9 Å². The summed E-state index contributed by atoms with van der Waals surface area (Å²) in [6.45, 7) is 9.43. The lowest BCUT2D eigenvalue weighted by Gasteiger charge is -2.32. The van der Waals surface area contributed by atoms with Crippen molar-refractivity contribution < 1.29 is 0 Å². The molecule has 2 rings (SSSR count). The summed E-state index contributed by atoms with van der Waals surface area (Å²) in [6, 6.07) is 0.484. The third kappa shape index (κ3) is 1.62. The third-order valence-electron chi connectivity index (χ3n) is 3.86. The Balaban J connectivity index is 2.03. The molecule has 0 aromatic carbocycles. The predicted molar refractivity (Wildman–Crippen MR) is 55.5 cm³/mol. The van der Waals surface area contributed by atoms with Gasteiger partial charge in [0.15, 0.2) is 0 Å². The fraction of sp³-hybridized carbons (Fsp3) is 1.00. The highest BCUT2D eigenvalue weighted by atomic mass is 15.2. The Hall–Kier alpha value is -0.0800. The number of fused-ring (bicyclic) bond motifs is 1. The molecule has 76 valence electrons. The van der Waals surface area contributed by atoms with Gasteiger partial charge in [-0.05, 0) is 45.4 Å². The van der Waals surface area contributed by atoms with E-state index in [9.17, 15) is 0 Å². The zero-order chi connectivity index (χ0) is 9.64. The maximum atomic E-state index is 6.10. The monoisotopic (exact) mass is 182 g/mol. The summed E-state index contributed by atoms with van der Waals surface area (Å²) in [7, 11) is 0. The first kappa shape index (κ1) is 9.47. The van der Waals surface area contributed by atoms with E-state index in [1.54, 1.807) is 0 Å². The Kier molecular flexibility index (Phi) is 2.16. The minimum atomic E-state index is 0.337. The topological polar surface area (TPSA) is 29.3 Å². The zero-order valence-corrected chi connectivity index (χ0v) is 9.09. The number of nitrogens with two attached hydrogens (primary N) is 1. The average molecular weight is 182 g/mol. The first-order valence-electron chi connectivity index (χ1n) is 5.49. The fourth-order valence-corrected chi connectivity index (χ4v) is 2.86. The molecule has 1 saturated heterocycles. The molecular formula is C11H22N2. The standard InChI is InChI=1S/C11H22N2/c1-11(2,3)13-6-8-4-5-10(12)9(8)7-13/h8-10H,4-7,12H2,1-3H3/t8-,9+,10-/m1/s1. The summed E-state index contributed by atoms with van der Waals surface area (Å²) in [5.41, 5.74) is 6.44. The number of hydrogen-bond donors (Lipinski definition) is 1.